The van der Waals surface area contributed by atoms with Gasteiger partial charge in [0.25, 0.3) is 0 Å². The molecule has 5 nitrogen and oxygen atoms in total. The third-order valence-corrected chi connectivity index (χ3v) is 3.06. The standard InChI is InChI=1S/C14H17N5/c15-8-10-1-3-11(4-2-10)18-13-7-14(17-9-16-13)19-12-5-6-12/h1-4,7,9,12H,5-6,8,15H2,(H2,16,17,18,19). The Morgan fingerprint density at radius 2 is 1.84 bits per heavy atom. The Labute approximate surface area is 112 Å². The van der Waals surface area contributed by atoms with Crippen LogP contribution in [-0.2, 0) is 6.54 Å². The van der Waals surface area contributed by atoms with Crippen LogP contribution < -0.4 is 16.4 Å². The fourth-order valence-electron chi connectivity index (χ4n) is 1.81. The van der Waals surface area contributed by atoms with E-state index in [-0.39, 0.29) is 0 Å². The zero-order chi connectivity index (χ0) is 13.1. The molecule has 1 aromatic heterocycles. The summed E-state index contributed by atoms with van der Waals surface area (Å²) in [5.41, 5.74) is 7.68. The minimum Gasteiger partial charge on any atom is -0.367 e. The monoisotopic (exact) mass is 255 g/mol. The van der Waals surface area contributed by atoms with Crippen LogP contribution in [-0.4, -0.2) is 16.0 Å². The predicted molar refractivity (Wildman–Crippen MR) is 76.3 cm³/mol. The van der Waals surface area contributed by atoms with Gasteiger partial charge in [0, 0.05) is 24.3 Å². The van der Waals surface area contributed by atoms with Crippen molar-refractivity contribution in [1.29, 1.82) is 0 Å². The summed E-state index contributed by atoms with van der Waals surface area (Å²) in [6, 6.07) is 10.5. The lowest BCUT2D eigenvalue weighted by Crippen LogP contribution is -2.04. The first-order valence-corrected chi connectivity index (χ1v) is 6.48. The van der Waals surface area contributed by atoms with Gasteiger partial charge in [0.1, 0.15) is 18.0 Å². The van der Waals surface area contributed by atoms with Crippen LogP contribution in [0.4, 0.5) is 17.3 Å². The largest absolute Gasteiger partial charge is 0.367 e. The molecule has 1 saturated carbocycles. The number of hydrogen-bond donors (Lipinski definition) is 3. The highest BCUT2D eigenvalue weighted by atomic mass is 15.1. The van der Waals surface area contributed by atoms with E-state index in [9.17, 15) is 0 Å². The minimum atomic E-state index is 0.559. The molecule has 19 heavy (non-hydrogen) atoms. The summed E-state index contributed by atoms with van der Waals surface area (Å²) < 4.78 is 0. The quantitative estimate of drug-likeness (QED) is 0.764. The van der Waals surface area contributed by atoms with Crippen LogP contribution in [0.1, 0.15) is 18.4 Å². The predicted octanol–water partition coefficient (Wildman–Crippen LogP) is 2.25. The Balaban J connectivity index is 1.70. The Morgan fingerprint density at radius 1 is 1.11 bits per heavy atom. The van der Waals surface area contributed by atoms with Crippen LogP contribution in [0.3, 0.4) is 0 Å². The lowest BCUT2D eigenvalue weighted by Gasteiger charge is -2.08. The Hall–Kier alpha value is -2.14. The molecule has 2 aromatic rings. The van der Waals surface area contributed by atoms with Gasteiger partial charge >= 0.3 is 0 Å². The van der Waals surface area contributed by atoms with Gasteiger partial charge in [-0.1, -0.05) is 12.1 Å². The molecule has 0 radical (unpaired) electrons. The summed E-state index contributed by atoms with van der Waals surface area (Å²) in [5, 5.41) is 6.61. The zero-order valence-electron chi connectivity index (χ0n) is 10.6. The molecule has 0 spiro atoms. The third kappa shape index (κ3) is 3.20. The van der Waals surface area contributed by atoms with Crippen LogP contribution >= 0.6 is 0 Å². The number of nitrogens with one attached hydrogen (secondary N) is 2. The van der Waals surface area contributed by atoms with Gasteiger partial charge in [-0.2, -0.15) is 0 Å². The van der Waals surface area contributed by atoms with Gasteiger partial charge in [-0.3, -0.25) is 0 Å². The van der Waals surface area contributed by atoms with E-state index in [2.05, 4.69) is 20.6 Å². The molecule has 0 aliphatic heterocycles. The molecule has 0 bridgehead atoms. The number of rotatable bonds is 5. The van der Waals surface area contributed by atoms with Gasteiger partial charge < -0.3 is 16.4 Å². The molecule has 1 heterocycles. The summed E-state index contributed by atoms with van der Waals surface area (Å²) in [6.07, 6.45) is 4.03. The van der Waals surface area contributed by atoms with Crippen molar-refractivity contribution in [3.63, 3.8) is 0 Å². The van der Waals surface area contributed by atoms with E-state index in [1.807, 2.05) is 30.3 Å². The molecule has 98 valence electrons. The summed E-state index contributed by atoms with van der Waals surface area (Å²) >= 11 is 0. The lowest BCUT2D eigenvalue weighted by atomic mass is 10.2. The molecule has 1 aliphatic rings. The highest BCUT2D eigenvalue weighted by molar-refractivity contribution is 5.59. The van der Waals surface area contributed by atoms with Crippen LogP contribution in [0.2, 0.25) is 0 Å². The maximum absolute atomic E-state index is 5.58. The molecule has 0 saturated heterocycles. The average Bonchev–Trinajstić information content (AvgIpc) is 3.24. The molecular weight excluding hydrogens is 238 g/mol. The fourth-order valence-corrected chi connectivity index (χ4v) is 1.81. The average molecular weight is 255 g/mol. The van der Waals surface area contributed by atoms with E-state index in [0.29, 0.717) is 12.6 Å². The second-order valence-electron chi connectivity index (χ2n) is 4.73. The van der Waals surface area contributed by atoms with Crippen LogP contribution in [0, 0.1) is 0 Å². The molecule has 0 unspecified atom stereocenters. The van der Waals surface area contributed by atoms with Gasteiger partial charge in [0.05, 0.1) is 0 Å². The van der Waals surface area contributed by atoms with E-state index in [0.717, 1.165) is 22.9 Å². The Bertz CT molecular complexity index is 548. The van der Waals surface area contributed by atoms with E-state index in [1.54, 1.807) is 6.33 Å². The lowest BCUT2D eigenvalue weighted by molar-refractivity contribution is 1.07. The number of benzene rings is 1. The normalized spacial score (nSPS) is 14.2. The van der Waals surface area contributed by atoms with Crippen molar-refractivity contribution in [3.05, 3.63) is 42.2 Å². The first-order chi connectivity index (χ1) is 9.33. The summed E-state index contributed by atoms with van der Waals surface area (Å²) in [4.78, 5) is 8.43. The molecule has 4 N–H and O–H groups in total. The highest BCUT2D eigenvalue weighted by Gasteiger charge is 2.21. The molecular formula is C14H17N5. The smallest absolute Gasteiger partial charge is 0.135 e. The molecule has 0 atom stereocenters. The van der Waals surface area contributed by atoms with Crippen molar-refractivity contribution < 1.29 is 0 Å². The van der Waals surface area contributed by atoms with Gasteiger partial charge in [0.2, 0.25) is 0 Å². The second-order valence-corrected chi connectivity index (χ2v) is 4.73. The maximum atomic E-state index is 5.58. The second kappa shape index (κ2) is 5.24. The van der Waals surface area contributed by atoms with E-state index in [4.69, 9.17) is 5.73 Å². The third-order valence-electron chi connectivity index (χ3n) is 3.06. The van der Waals surface area contributed by atoms with Crippen LogP contribution in [0.5, 0.6) is 0 Å². The zero-order valence-corrected chi connectivity index (χ0v) is 10.6. The molecule has 1 fully saturated rings. The van der Waals surface area contributed by atoms with Gasteiger partial charge in [-0.15, -0.1) is 0 Å². The first-order valence-electron chi connectivity index (χ1n) is 6.48. The van der Waals surface area contributed by atoms with Crippen LogP contribution in [0.25, 0.3) is 0 Å². The number of nitrogens with zero attached hydrogens (tertiary/aromatic N) is 2. The summed E-state index contributed by atoms with van der Waals surface area (Å²) in [5.74, 6) is 1.66. The first kappa shape index (κ1) is 11.9. The molecule has 1 aromatic carbocycles. The van der Waals surface area contributed by atoms with Crippen molar-refractivity contribution in [2.24, 2.45) is 5.73 Å². The number of aromatic nitrogens is 2. The number of nitrogens with two attached hydrogens (primary N) is 1. The van der Waals surface area contributed by atoms with E-state index >= 15 is 0 Å². The highest BCUT2D eigenvalue weighted by Crippen LogP contribution is 2.24. The molecule has 1 aliphatic carbocycles. The molecule has 3 rings (SSSR count). The van der Waals surface area contributed by atoms with Crippen molar-refractivity contribution in [2.75, 3.05) is 10.6 Å². The topological polar surface area (TPSA) is 75.9 Å². The minimum absolute atomic E-state index is 0.559. The van der Waals surface area contributed by atoms with Crippen molar-refractivity contribution >= 4 is 17.3 Å². The summed E-state index contributed by atoms with van der Waals surface area (Å²) in [6.45, 7) is 0.559. The fraction of sp³-hybridized carbons (Fsp3) is 0.286. The maximum Gasteiger partial charge on any atom is 0.135 e. The summed E-state index contributed by atoms with van der Waals surface area (Å²) in [7, 11) is 0. The van der Waals surface area contributed by atoms with Gasteiger partial charge in [-0.05, 0) is 30.5 Å². The van der Waals surface area contributed by atoms with Gasteiger partial charge in [0.15, 0.2) is 0 Å². The number of hydrogen-bond acceptors (Lipinski definition) is 5. The molecule has 5 heteroatoms. The molecule has 0 amide bonds. The SMILES string of the molecule is NCc1ccc(Nc2cc(NC3CC3)ncn2)cc1. The van der Waals surface area contributed by atoms with Gasteiger partial charge in [-0.25, -0.2) is 9.97 Å². The van der Waals surface area contributed by atoms with Crippen molar-refractivity contribution in [2.45, 2.75) is 25.4 Å². The van der Waals surface area contributed by atoms with Crippen molar-refractivity contribution in [1.82, 2.24) is 9.97 Å². The Kier molecular flexibility index (Phi) is 3.29. The van der Waals surface area contributed by atoms with E-state index < -0.39 is 0 Å². The van der Waals surface area contributed by atoms with E-state index in [1.165, 1.54) is 12.8 Å². The number of anilines is 3. The van der Waals surface area contributed by atoms with Crippen molar-refractivity contribution in [3.8, 4) is 0 Å². The van der Waals surface area contributed by atoms with Crippen LogP contribution in [0.15, 0.2) is 36.7 Å². The Morgan fingerprint density at radius 3 is 2.53 bits per heavy atom.